The number of para-hydroxylation sites is 1. The van der Waals surface area contributed by atoms with Gasteiger partial charge in [-0.05, 0) is 54.4 Å². The number of aromatic nitrogens is 2. The van der Waals surface area contributed by atoms with Gasteiger partial charge in [0.2, 0.25) is 5.95 Å². The lowest BCUT2D eigenvalue weighted by Crippen LogP contribution is -2.08. The number of hydrazone groups is 1. The molecule has 0 saturated carbocycles. The fourth-order valence-corrected chi connectivity index (χ4v) is 3.92. The van der Waals surface area contributed by atoms with Crippen LogP contribution in [0.5, 0.6) is 0 Å². The zero-order valence-corrected chi connectivity index (χ0v) is 20.9. The van der Waals surface area contributed by atoms with Crippen LogP contribution in [-0.4, -0.2) is 30.4 Å². The van der Waals surface area contributed by atoms with Crippen molar-refractivity contribution in [3.63, 3.8) is 0 Å². The summed E-state index contributed by atoms with van der Waals surface area (Å²) < 4.78 is 50.2. The minimum atomic E-state index is -3.29. The highest BCUT2D eigenvalue weighted by Crippen LogP contribution is 2.20. The Balaban J connectivity index is 1.56. The highest BCUT2D eigenvalue weighted by Gasteiger charge is 2.09. The van der Waals surface area contributed by atoms with Gasteiger partial charge in [0, 0.05) is 24.6 Å². The first-order valence-corrected chi connectivity index (χ1v) is 13.1. The third kappa shape index (κ3) is 7.07. The van der Waals surface area contributed by atoms with Crippen LogP contribution in [0.3, 0.4) is 0 Å². The molecular formula is C26H24F2N6O2S. The van der Waals surface area contributed by atoms with Crippen molar-refractivity contribution >= 4 is 38.8 Å². The quantitative estimate of drug-likeness (QED) is 0.201. The van der Waals surface area contributed by atoms with Crippen LogP contribution in [-0.2, 0) is 16.4 Å². The summed E-state index contributed by atoms with van der Waals surface area (Å²) in [6, 6.07) is 21.0. The molecule has 0 aliphatic heterocycles. The molecule has 0 bridgehead atoms. The number of nitrogens with zero attached hydrogens (tertiary/aromatic N) is 3. The highest BCUT2D eigenvalue weighted by atomic mass is 32.2. The summed E-state index contributed by atoms with van der Waals surface area (Å²) >= 11 is 0. The van der Waals surface area contributed by atoms with Crippen LogP contribution in [0.4, 0.5) is 32.1 Å². The molecule has 0 atom stereocenters. The number of anilines is 4. The number of rotatable bonds is 9. The predicted octanol–water partition coefficient (Wildman–Crippen LogP) is 5.35. The zero-order chi connectivity index (χ0) is 26.4. The molecule has 3 N–H and O–H groups in total. The van der Waals surface area contributed by atoms with Crippen molar-refractivity contribution < 1.29 is 17.2 Å². The molecule has 0 amide bonds. The molecule has 0 fully saturated rings. The molecule has 37 heavy (non-hydrogen) atoms. The first-order chi connectivity index (χ1) is 17.7. The Bertz CT molecular complexity index is 1530. The molecule has 1 heterocycles. The fourth-order valence-electron chi connectivity index (χ4n) is 3.29. The average molecular weight is 523 g/mol. The van der Waals surface area contributed by atoms with Crippen molar-refractivity contribution in [2.75, 3.05) is 22.3 Å². The maximum absolute atomic E-state index is 13.6. The van der Waals surface area contributed by atoms with Gasteiger partial charge in [0.05, 0.1) is 10.6 Å². The minimum absolute atomic E-state index is 0.202. The van der Waals surface area contributed by atoms with Gasteiger partial charge in [0.25, 0.3) is 0 Å². The molecule has 0 radical (unpaired) electrons. The van der Waals surface area contributed by atoms with E-state index in [2.05, 4.69) is 31.1 Å². The maximum Gasteiger partial charge on any atom is 0.231 e. The molecule has 0 saturated heterocycles. The molecule has 0 aliphatic rings. The lowest BCUT2D eigenvalue weighted by atomic mass is 10.1. The fraction of sp³-hybridized carbons (Fsp3) is 0.115. The first kappa shape index (κ1) is 25.7. The standard InChI is InChI=1S/C26H24F2N6O2S/c1-17(19-9-11-21(12-10-19)37(2,35)36)33-34-25-15-24(29-16-18-8-13-22(27)23(28)14-18)31-26(32-25)30-20-6-4-3-5-7-20/h3-15H,16H2,1-2H3,(H3,29,30,31,32,34). The van der Waals surface area contributed by atoms with Gasteiger partial charge in [-0.15, -0.1) is 0 Å². The van der Waals surface area contributed by atoms with Gasteiger partial charge in [-0.1, -0.05) is 36.4 Å². The van der Waals surface area contributed by atoms with E-state index >= 15 is 0 Å². The Kier molecular flexibility index (Phi) is 7.73. The second-order valence-electron chi connectivity index (χ2n) is 8.16. The summed E-state index contributed by atoms with van der Waals surface area (Å²) in [5.41, 5.74) is 5.55. The lowest BCUT2D eigenvalue weighted by molar-refractivity contribution is 0.507. The predicted molar refractivity (Wildman–Crippen MR) is 141 cm³/mol. The second kappa shape index (κ2) is 11.1. The van der Waals surface area contributed by atoms with E-state index in [1.54, 1.807) is 25.1 Å². The Morgan fingerprint density at radius 3 is 2.27 bits per heavy atom. The van der Waals surface area contributed by atoms with Gasteiger partial charge in [-0.25, -0.2) is 17.2 Å². The topological polar surface area (TPSA) is 108 Å². The van der Waals surface area contributed by atoms with E-state index < -0.39 is 21.5 Å². The van der Waals surface area contributed by atoms with Gasteiger partial charge >= 0.3 is 0 Å². The zero-order valence-electron chi connectivity index (χ0n) is 20.0. The average Bonchev–Trinajstić information content (AvgIpc) is 2.88. The molecule has 11 heteroatoms. The van der Waals surface area contributed by atoms with Crippen LogP contribution < -0.4 is 16.1 Å². The van der Waals surface area contributed by atoms with E-state index in [0.29, 0.717) is 22.9 Å². The van der Waals surface area contributed by atoms with Gasteiger partial charge in [0.1, 0.15) is 5.82 Å². The van der Waals surface area contributed by atoms with Gasteiger partial charge < -0.3 is 10.6 Å². The van der Waals surface area contributed by atoms with Crippen LogP contribution in [0.25, 0.3) is 0 Å². The largest absolute Gasteiger partial charge is 0.366 e. The molecule has 8 nitrogen and oxygen atoms in total. The highest BCUT2D eigenvalue weighted by molar-refractivity contribution is 7.90. The van der Waals surface area contributed by atoms with Gasteiger partial charge in [0.15, 0.2) is 27.3 Å². The monoisotopic (exact) mass is 522 g/mol. The summed E-state index contributed by atoms with van der Waals surface area (Å²) in [5, 5.41) is 10.6. The summed E-state index contributed by atoms with van der Waals surface area (Å²) in [6.07, 6.45) is 1.15. The summed E-state index contributed by atoms with van der Waals surface area (Å²) in [6.45, 7) is 1.97. The van der Waals surface area contributed by atoms with Crippen LogP contribution in [0, 0.1) is 11.6 Å². The molecule has 3 aromatic carbocycles. The smallest absolute Gasteiger partial charge is 0.231 e. The number of hydrogen-bond donors (Lipinski definition) is 3. The van der Waals surface area contributed by atoms with E-state index in [0.717, 1.165) is 29.6 Å². The SMILES string of the molecule is CC(=NNc1cc(NCc2ccc(F)c(F)c2)nc(Nc2ccccc2)n1)c1ccc(S(C)(=O)=O)cc1. The van der Waals surface area contributed by atoms with Crippen LogP contribution >= 0.6 is 0 Å². The summed E-state index contributed by atoms with van der Waals surface area (Å²) in [5.74, 6) is -0.760. The number of benzene rings is 3. The molecule has 190 valence electrons. The summed E-state index contributed by atoms with van der Waals surface area (Å²) in [7, 11) is -3.29. The lowest BCUT2D eigenvalue weighted by Gasteiger charge is -2.12. The van der Waals surface area contributed by atoms with Crippen LogP contribution in [0.15, 0.2) is 88.9 Å². The number of hydrogen-bond acceptors (Lipinski definition) is 8. The van der Waals surface area contributed by atoms with Crippen LogP contribution in [0.2, 0.25) is 0 Å². The van der Waals surface area contributed by atoms with Crippen molar-refractivity contribution in [3.8, 4) is 0 Å². The van der Waals surface area contributed by atoms with Crippen LogP contribution in [0.1, 0.15) is 18.1 Å². The number of halogens is 2. The van der Waals surface area contributed by atoms with Gasteiger partial charge in [-0.3, -0.25) is 5.43 Å². The van der Waals surface area contributed by atoms with E-state index in [1.807, 2.05) is 30.3 Å². The Morgan fingerprint density at radius 2 is 1.59 bits per heavy atom. The van der Waals surface area contributed by atoms with Crippen molar-refractivity contribution in [1.29, 1.82) is 0 Å². The molecule has 4 aromatic rings. The minimum Gasteiger partial charge on any atom is -0.366 e. The van der Waals surface area contributed by atoms with E-state index in [1.165, 1.54) is 18.2 Å². The van der Waals surface area contributed by atoms with Gasteiger partial charge in [-0.2, -0.15) is 15.1 Å². The molecule has 1 aromatic heterocycles. The van der Waals surface area contributed by atoms with E-state index in [4.69, 9.17) is 0 Å². The Hall–Kier alpha value is -4.38. The number of nitrogens with one attached hydrogen (secondary N) is 3. The number of sulfone groups is 1. The van der Waals surface area contributed by atoms with Crippen molar-refractivity contribution in [2.24, 2.45) is 5.10 Å². The Morgan fingerprint density at radius 1 is 0.892 bits per heavy atom. The second-order valence-corrected chi connectivity index (χ2v) is 10.2. The molecular weight excluding hydrogens is 498 g/mol. The third-order valence-electron chi connectivity index (χ3n) is 5.25. The van der Waals surface area contributed by atoms with E-state index in [9.17, 15) is 17.2 Å². The van der Waals surface area contributed by atoms with Crippen molar-refractivity contribution in [2.45, 2.75) is 18.4 Å². The molecule has 0 spiro atoms. The molecule has 0 unspecified atom stereocenters. The third-order valence-corrected chi connectivity index (χ3v) is 6.38. The molecule has 4 rings (SSSR count). The van der Waals surface area contributed by atoms with Crippen molar-refractivity contribution in [3.05, 3.63) is 102 Å². The normalized spacial score (nSPS) is 11.7. The summed E-state index contributed by atoms with van der Waals surface area (Å²) in [4.78, 5) is 9.13. The van der Waals surface area contributed by atoms with Crippen molar-refractivity contribution in [1.82, 2.24) is 9.97 Å². The van der Waals surface area contributed by atoms with E-state index in [-0.39, 0.29) is 17.4 Å². The Labute approximate surface area is 213 Å². The maximum atomic E-state index is 13.6. The molecule has 0 aliphatic carbocycles. The first-order valence-electron chi connectivity index (χ1n) is 11.2.